The number of nitrogens with two attached hydrogens (primary N) is 1. The highest BCUT2D eigenvalue weighted by molar-refractivity contribution is 5.22. The van der Waals surface area contributed by atoms with Crippen LogP contribution in [-0.2, 0) is 6.42 Å². The molecule has 0 aromatic carbocycles. The van der Waals surface area contributed by atoms with Gasteiger partial charge in [0.05, 0.1) is 6.20 Å². The second kappa shape index (κ2) is 4.09. The van der Waals surface area contributed by atoms with Gasteiger partial charge in [-0.15, -0.1) is 0 Å². The average Bonchev–Trinajstić information content (AvgIpc) is 2.76. The first kappa shape index (κ1) is 11.0. The third-order valence-corrected chi connectivity index (χ3v) is 5.62. The zero-order valence-corrected chi connectivity index (χ0v) is 10.8. The zero-order chi connectivity index (χ0) is 12.1. The Balaban J connectivity index is 1.66. The van der Waals surface area contributed by atoms with E-state index in [4.69, 9.17) is 10.3 Å². The molecule has 4 saturated carbocycles. The lowest BCUT2D eigenvalue weighted by Gasteiger charge is -2.53. The van der Waals surface area contributed by atoms with E-state index >= 15 is 0 Å². The molecule has 98 valence electrons. The van der Waals surface area contributed by atoms with Crippen LogP contribution in [0, 0.1) is 23.7 Å². The summed E-state index contributed by atoms with van der Waals surface area (Å²) >= 11 is 0. The highest BCUT2D eigenvalue weighted by Gasteiger charge is 2.50. The zero-order valence-electron chi connectivity index (χ0n) is 10.8. The Morgan fingerprint density at radius 2 is 1.78 bits per heavy atom. The summed E-state index contributed by atoms with van der Waals surface area (Å²) in [4.78, 5) is 0. The lowest BCUT2D eigenvalue weighted by atomic mass is 9.51. The molecule has 0 aliphatic heterocycles. The first-order valence-electron chi connectivity index (χ1n) is 7.48. The van der Waals surface area contributed by atoms with Crippen molar-refractivity contribution in [2.75, 3.05) is 6.54 Å². The normalized spacial score (nSPS) is 41.5. The van der Waals surface area contributed by atoms with Gasteiger partial charge in [0, 0.05) is 11.5 Å². The van der Waals surface area contributed by atoms with Gasteiger partial charge in [0.1, 0.15) is 5.76 Å². The first-order chi connectivity index (χ1) is 8.85. The van der Waals surface area contributed by atoms with Crippen molar-refractivity contribution in [1.29, 1.82) is 0 Å². The van der Waals surface area contributed by atoms with Crippen LogP contribution in [0.25, 0.3) is 0 Å². The predicted octanol–water partition coefficient (Wildman–Crippen LogP) is 2.72. The minimum absolute atomic E-state index is 0.654. The molecule has 1 aromatic rings. The van der Waals surface area contributed by atoms with Crippen molar-refractivity contribution in [2.45, 2.75) is 44.4 Å². The molecule has 4 fully saturated rings. The van der Waals surface area contributed by atoms with Crippen LogP contribution in [-0.4, -0.2) is 11.7 Å². The van der Waals surface area contributed by atoms with Crippen LogP contribution < -0.4 is 5.73 Å². The number of hydrogen-bond donors (Lipinski definition) is 1. The summed E-state index contributed by atoms with van der Waals surface area (Å²) in [5.74, 6) is 5.61. The molecule has 5 rings (SSSR count). The molecule has 0 spiro atoms. The van der Waals surface area contributed by atoms with Gasteiger partial charge >= 0.3 is 0 Å². The van der Waals surface area contributed by atoms with Gasteiger partial charge in [-0.3, -0.25) is 0 Å². The fourth-order valence-electron chi connectivity index (χ4n) is 5.24. The molecule has 0 unspecified atom stereocenters. The molecule has 4 aliphatic carbocycles. The van der Waals surface area contributed by atoms with Gasteiger partial charge in [0.15, 0.2) is 0 Å². The van der Waals surface area contributed by atoms with Crippen LogP contribution in [0.3, 0.4) is 0 Å². The molecule has 1 heterocycles. The van der Waals surface area contributed by atoms with Gasteiger partial charge in [0.25, 0.3) is 0 Å². The summed E-state index contributed by atoms with van der Waals surface area (Å²) in [6, 6.07) is 0. The molecule has 0 atom stereocenters. The van der Waals surface area contributed by atoms with E-state index in [1.807, 2.05) is 6.20 Å². The average molecular weight is 246 g/mol. The SMILES string of the molecule is NCCc1cnoc1C1C2CC3CC(C2)CC1C3. The number of rotatable bonds is 3. The van der Waals surface area contributed by atoms with E-state index < -0.39 is 0 Å². The van der Waals surface area contributed by atoms with Gasteiger partial charge in [-0.1, -0.05) is 5.16 Å². The Morgan fingerprint density at radius 3 is 2.39 bits per heavy atom. The van der Waals surface area contributed by atoms with Gasteiger partial charge in [-0.05, 0) is 68.7 Å². The van der Waals surface area contributed by atoms with Gasteiger partial charge in [-0.2, -0.15) is 0 Å². The van der Waals surface area contributed by atoms with E-state index in [0.717, 1.165) is 30.1 Å². The van der Waals surface area contributed by atoms with E-state index in [1.165, 1.54) is 43.4 Å². The Hall–Kier alpha value is -0.830. The van der Waals surface area contributed by atoms with E-state index in [2.05, 4.69) is 5.16 Å². The largest absolute Gasteiger partial charge is 0.361 e. The summed E-state index contributed by atoms with van der Waals surface area (Å²) in [6.45, 7) is 0.696. The van der Waals surface area contributed by atoms with Gasteiger partial charge in [-0.25, -0.2) is 0 Å². The van der Waals surface area contributed by atoms with Crippen molar-refractivity contribution in [1.82, 2.24) is 5.16 Å². The number of aromatic nitrogens is 1. The van der Waals surface area contributed by atoms with Crippen LogP contribution in [0.1, 0.15) is 49.3 Å². The predicted molar refractivity (Wildman–Crippen MR) is 69.0 cm³/mol. The molecule has 0 radical (unpaired) electrons. The fraction of sp³-hybridized carbons (Fsp3) is 0.800. The first-order valence-corrected chi connectivity index (χ1v) is 7.48. The summed E-state index contributed by atoms with van der Waals surface area (Å²) in [7, 11) is 0. The molecule has 3 nitrogen and oxygen atoms in total. The molecular weight excluding hydrogens is 224 g/mol. The number of hydrogen-bond acceptors (Lipinski definition) is 3. The summed E-state index contributed by atoms with van der Waals surface area (Å²) in [6.07, 6.45) is 10.0. The molecule has 0 amide bonds. The number of nitrogens with zero attached hydrogens (tertiary/aromatic N) is 1. The molecule has 2 N–H and O–H groups in total. The third kappa shape index (κ3) is 1.56. The Kier molecular flexibility index (Phi) is 2.51. The van der Waals surface area contributed by atoms with Gasteiger partial charge < -0.3 is 10.3 Å². The monoisotopic (exact) mass is 246 g/mol. The Bertz CT molecular complexity index is 411. The van der Waals surface area contributed by atoms with Crippen LogP contribution in [0.5, 0.6) is 0 Å². The second-order valence-corrected chi connectivity index (χ2v) is 6.71. The molecule has 1 aromatic heterocycles. The highest BCUT2D eigenvalue weighted by Crippen LogP contribution is 2.60. The van der Waals surface area contributed by atoms with E-state index in [0.29, 0.717) is 12.5 Å². The Labute approximate surface area is 108 Å². The molecule has 4 aliphatic rings. The van der Waals surface area contributed by atoms with Crippen molar-refractivity contribution in [2.24, 2.45) is 29.4 Å². The van der Waals surface area contributed by atoms with E-state index in [-0.39, 0.29) is 0 Å². The summed E-state index contributed by atoms with van der Waals surface area (Å²) < 4.78 is 5.64. The molecule has 4 bridgehead atoms. The second-order valence-electron chi connectivity index (χ2n) is 6.71. The lowest BCUT2D eigenvalue weighted by Crippen LogP contribution is -2.43. The minimum Gasteiger partial charge on any atom is -0.361 e. The maximum absolute atomic E-state index is 5.69. The van der Waals surface area contributed by atoms with Crippen LogP contribution in [0.2, 0.25) is 0 Å². The smallest absolute Gasteiger partial charge is 0.143 e. The van der Waals surface area contributed by atoms with Crippen LogP contribution in [0.4, 0.5) is 0 Å². The lowest BCUT2D eigenvalue weighted by molar-refractivity contribution is -0.0117. The van der Waals surface area contributed by atoms with Gasteiger partial charge in [0.2, 0.25) is 0 Å². The third-order valence-electron chi connectivity index (χ3n) is 5.62. The molecule has 3 heteroatoms. The Morgan fingerprint density at radius 1 is 1.11 bits per heavy atom. The van der Waals surface area contributed by atoms with E-state index in [9.17, 15) is 0 Å². The summed E-state index contributed by atoms with van der Waals surface area (Å²) in [5.41, 5.74) is 6.97. The van der Waals surface area contributed by atoms with Crippen molar-refractivity contribution >= 4 is 0 Å². The van der Waals surface area contributed by atoms with Crippen molar-refractivity contribution < 1.29 is 4.52 Å². The highest BCUT2D eigenvalue weighted by atomic mass is 16.5. The van der Waals surface area contributed by atoms with Crippen LogP contribution >= 0.6 is 0 Å². The van der Waals surface area contributed by atoms with E-state index in [1.54, 1.807) is 0 Å². The van der Waals surface area contributed by atoms with Crippen molar-refractivity contribution in [3.8, 4) is 0 Å². The maximum atomic E-state index is 5.69. The molecular formula is C15H22N2O. The standard InChI is InChI=1S/C15H22N2O/c16-2-1-11-8-17-18-15(11)14-12-4-9-3-10(6-12)7-13(14)5-9/h8-10,12-14H,1-7,16H2. The maximum Gasteiger partial charge on any atom is 0.143 e. The van der Waals surface area contributed by atoms with Crippen molar-refractivity contribution in [3.63, 3.8) is 0 Å². The van der Waals surface area contributed by atoms with Crippen LogP contribution in [0.15, 0.2) is 10.7 Å². The molecule has 18 heavy (non-hydrogen) atoms. The minimum atomic E-state index is 0.654. The quantitative estimate of drug-likeness (QED) is 0.892. The summed E-state index contributed by atoms with van der Waals surface area (Å²) in [5, 5.41) is 4.04. The van der Waals surface area contributed by atoms with Crippen molar-refractivity contribution in [3.05, 3.63) is 17.5 Å². The topological polar surface area (TPSA) is 52.0 Å². The fourth-order valence-corrected chi connectivity index (χ4v) is 5.24. The molecule has 0 saturated heterocycles.